The van der Waals surface area contributed by atoms with Crippen molar-refractivity contribution >= 4 is 33.0 Å². The zero-order valence-corrected chi connectivity index (χ0v) is 19.1. The average Bonchev–Trinajstić information content (AvgIpc) is 2.73. The lowest BCUT2D eigenvalue weighted by atomic mass is 9.73. The molecule has 0 saturated carbocycles. The molecule has 1 aliphatic rings. The molecular formula is C24H27NO6S. The van der Waals surface area contributed by atoms with Crippen molar-refractivity contribution in [2.45, 2.75) is 26.2 Å². The minimum atomic E-state index is -3.43. The number of ketones is 1. The van der Waals surface area contributed by atoms with E-state index in [2.05, 4.69) is 4.72 Å². The van der Waals surface area contributed by atoms with Crippen molar-refractivity contribution in [3.05, 3.63) is 65.7 Å². The number of rotatable bonds is 8. The van der Waals surface area contributed by atoms with Crippen LogP contribution in [-0.4, -0.2) is 39.6 Å². The lowest BCUT2D eigenvalue weighted by Crippen LogP contribution is -2.34. The zero-order chi connectivity index (χ0) is 23.3. The van der Waals surface area contributed by atoms with Gasteiger partial charge in [-0.25, -0.2) is 8.42 Å². The van der Waals surface area contributed by atoms with E-state index < -0.39 is 27.8 Å². The van der Waals surface area contributed by atoms with Gasteiger partial charge in [-0.3, -0.25) is 14.3 Å². The molecule has 0 heterocycles. The molecule has 0 spiro atoms. The minimum absolute atomic E-state index is 0.189. The molecule has 0 unspecified atom stereocenters. The van der Waals surface area contributed by atoms with Crippen molar-refractivity contribution in [1.82, 2.24) is 0 Å². The third kappa shape index (κ3) is 5.76. The highest BCUT2D eigenvalue weighted by Crippen LogP contribution is 2.41. The number of hydrogen-bond donors (Lipinski definition) is 1. The summed E-state index contributed by atoms with van der Waals surface area (Å²) in [6.45, 7) is 4.33. The molecule has 7 nitrogen and oxygen atoms in total. The maximum atomic E-state index is 13.0. The van der Waals surface area contributed by atoms with E-state index in [1.807, 2.05) is 37.3 Å². The average molecular weight is 458 g/mol. The fourth-order valence-corrected chi connectivity index (χ4v) is 4.43. The Labute approximate surface area is 188 Å². The van der Waals surface area contributed by atoms with Gasteiger partial charge in [-0.05, 0) is 67.3 Å². The zero-order valence-electron chi connectivity index (χ0n) is 18.3. The Kier molecular flexibility index (Phi) is 7.35. The van der Waals surface area contributed by atoms with Crippen LogP contribution in [0.2, 0.25) is 0 Å². The number of ether oxygens (including phenoxy) is 2. The molecule has 0 fully saturated rings. The predicted molar refractivity (Wildman–Crippen MR) is 123 cm³/mol. The van der Waals surface area contributed by atoms with Crippen LogP contribution in [0.25, 0.3) is 5.57 Å². The Morgan fingerprint density at radius 1 is 1.09 bits per heavy atom. The summed E-state index contributed by atoms with van der Waals surface area (Å²) in [5.74, 6) is -1.51. The summed E-state index contributed by atoms with van der Waals surface area (Å²) in [7, 11) is -3.43. The highest BCUT2D eigenvalue weighted by Gasteiger charge is 2.39. The highest BCUT2D eigenvalue weighted by atomic mass is 32.2. The van der Waals surface area contributed by atoms with E-state index in [9.17, 15) is 18.0 Å². The number of benzene rings is 2. The lowest BCUT2D eigenvalue weighted by molar-refractivity contribution is -0.151. The first-order valence-electron chi connectivity index (χ1n) is 10.4. The third-order valence-corrected chi connectivity index (χ3v) is 5.77. The Hall–Kier alpha value is -3.13. The quantitative estimate of drug-likeness (QED) is 0.479. The second-order valence-corrected chi connectivity index (χ2v) is 9.32. The topological polar surface area (TPSA) is 98.8 Å². The summed E-state index contributed by atoms with van der Waals surface area (Å²) in [4.78, 5) is 25.7. The van der Waals surface area contributed by atoms with Gasteiger partial charge in [-0.2, -0.15) is 0 Å². The number of allylic oxidation sites excluding steroid dienone is 2. The molecule has 2 aromatic carbocycles. The highest BCUT2D eigenvalue weighted by molar-refractivity contribution is 7.92. The molecular weight excluding hydrogens is 430 g/mol. The third-order valence-electron chi connectivity index (χ3n) is 5.16. The van der Waals surface area contributed by atoms with Gasteiger partial charge < -0.3 is 9.47 Å². The van der Waals surface area contributed by atoms with Crippen molar-refractivity contribution < 1.29 is 27.5 Å². The lowest BCUT2D eigenvalue weighted by Gasteiger charge is -2.29. The van der Waals surface area contributed by atoms with Gasteiger partial charge in [0.15, 0.2) is 5.78 Å². The van der Waals surface area contributed by atoms with Gasteiger partial charge in [-0.1, -0.05) is 24.3 Å². The van der Waals surface area contributed by atoms with Crippen LogP contribution < -0.4 is 9.46 Å². The molecule has 0 aliphatic heterocycles. The Morgan fingerprint density at radius 3 is 2.44 bits per heavy atom. The maximum absolute atomic E-state index is 13.0. The van der Waals surface area contributed by atoms with Gasteiger partial charge in [0, 0.05) is 11.6 Å². The Morgan fingerprint density at radius 2 is 1.81 bits per heavy atom. The monoisotopic (exact) mass is 457 g/mol. The van der Waals surface area contributed by atoms with E-state index >= 15 is 0 Å². The summed E-state index contributed by atoms with van der Waals surface area (Å²) in [6.07, 6.45) is 2.96. The number of carbonyl (C=O) groups excluding carboxylic acids is 2. The molecule has 170 valence electrons. The largest absolute Gasteiger partial charge is 0.494 e. The molecule has 32 heavy (non-hydrogen) atoms. The SMILES string of the molecule is CCOC(=O)[C@@H]1C(=O)C=C(c2cccc(NS(C)(=O)=O)c2)C[C@H]1c1ccc(OCC)cc1. The van der Waals surface area contributed by atoms with Crippen molar-refractivity contribution in [3.8, 4) is 5.75 Å². The van der Waals surface area contributed by atoms with Crippen LogP contribution in [0.5, 0.6) is 5.75 Å². The summed E-state index contributed by atoms with van der Waals surface area (Å²) in [6, 6.07) is 14.2. The molecule has 0 saturated heterocycles. The van der Waals surface area contributed by atoms with Gasteiger partial charge in [0.1, 0.15) is 11.7 Å². The number of sulfonamides is 1. The van der Waals surface area contributed by atoms with Crippen LogP contribution in [0.4, 0.5) is 5.69 Å². The van der Waals surface area contributed by atoms with E-state index in [1.165, 1.54) is 6.08 Å². The maximum Gasteiger partial charge on any atom is 0.317 e. The van der Waals surface area contributed by atoms with Gasteiger partial charge >= 0.3 is 5.97 Å². The van der Waals surface area contributed by atoms with Gasteiger partial charge in [0.05, 0.1) is 19.5 Å². The van der Waals surface area contributed by atoms with E-state index in [0.717, 1.165) is 17.4 Å². The normalized spacial score (nSPS) is 18.6. The van der Waals surface area contributed by atoms with Crippen molar-refractivity contribution in [2.24, 2.45) is 5.92 Å². The van der Waals surface area contributed by atoms with Crippen LogP contribution in [0.1, 0.15) is 37.3 Å². The van der Waals surface area contributed by atoms with Gasteiger partial charge in [0.25, 0.3) is 0 Å². The molecule has 2 atom stereocenters. The number of hydrogen-bond acceptors (Lipinski definition) is 6. The first-order valence-corrected chi connectivity index (χ1v) is 12.3. The summed E-state index contributed by atoms with van der Waals surface area (Å²) in [5.41, 5.74) is 2.68. The summed E-state index contributed by atoms with van der Waals surface area (Å²) < 4.78 is 36.3. The fourth-order valence-electron chi connectivity index (χ4n) is 3.87. The second kappa shape index (κ2) is 9.99. The molecule has 0 bridgehead atoms. The Bertz CT molecular complexity index is 1120. The van der Waals surface area contributed by atoms with Crippen LogP contribution in [0.15, 0.2) is 54.6 Å². The number of esters is 1. The predicted octanol–water partition coefficient (Wildman–Crippen LogP) is 3.78. The smallest absolute Gasteiger partial charge is 0.317 e. The molecule has 0 radical (unpaired) electrons. The van der Waals surface area contributed by atoms with Crippen LogP contribution in [0, 0.1) is 5.92 Å². The minimum Gasteiger partial charge on any atom is -0.494 e. The summed E-state index contributed by atoms with van der Waals surface area (Å²) >= 11 is 0. The molecule has 0 amide bonds. The Balaban J connectivity index is 1.98. The fraction of sp³-hybridized carbons (Fsp3) is 0.333. The molecule has 1 aliphatic carbocycles. The first kappa shape index (κ1) is 23.5. The van der Waals surface area contributed by atoms with Gasteiger partial charge in [0.2, 0.25) is 10.0 Å². The number of anilines is 1. The molecule has 2 aromatic rings. The first-order chi connectivity index (χ1) is 15.2. The standard InChI is InChI=1S/C24H27NO6S/c1-4-30-20-11-9-16(10-12-20)21-14-18(15-22(26)23(21)24(27)31-5-2)17-7-6-8-19(13-17)25-32(3,28)29/h6-13,15,21,23,25H,4-5,14H2,1-3H3/t21-,23-/m0/s1. The van der Waals surface area contributed by atoms with Crippen LogP contribution >= 0.6 is 0 Å². The van der Waals surface area contributed by atoms with Crippen LogP contribution in [-0.2, 0) is 24.3 Å². The van der Waals surface area contributed by atoms with Gasteiger partial charge in [-0.15, -0.1) is 0 Å². The van der Waals surface area contributed by atoms with Crippen molar-refractivity contribution in [2.75, 3.05) is 24.2 Å². The molecule has 1 N–H and O–H groups in total. The van der Waals surface area contributed by atoms with E-state index in [1.54, 1.807) is 25.1 Å². The summed E-state index contributed by atoms with van der Waals surface area (Å²) in [5, 5.41) is 0. The number of carbonyl (C=O) groups is 2. The van der Waals surface area contributed by atoms with E-state index in [4.69, 9.17) is 9.47 Å². The number of nitrogens with one attached hydrogen (secondary N) is 1. The van der Waals surface area contributed by atoms with E-state index in [-0.39, 0.29) is 12.4 Å². The molecule has 3 rings (SSSR count). The molecule has 0 aromatic heterocycles. The van der Waals surface area contributed by atoms with Crippen LogP contribution in [0.3, 0.4) is 0 Å². The van der Waals surface area contributed by atoms with Crippen molar-refractivity contribution in [1.29, 1.82) is 0 Å². The van der Waals surface area contributed by atoms with Crippen molar-refractivity contribution in [3.63, 3.8) is 0 Å². The van der Waals surface area contributed by atoms with E-state index in [0.29, 0.717) is 30.0 Å². The molecule has 8 heteroatoms. The second-order valence-electron chi connectivity index (χ2n) is 7.57.